The molecule has 128 valence electrons. The van der Waals surface area contributed by atoms with Crippen LogP contribution >= 0.6 is 0 Å². The Labute approximate surface area is 140 Å². The Kier molecular flexibility index (Phi) is 3.90. The Morgan fingerprint density at radius 2 is 1.92 bits per heavy atom. The fraction of sp³-hybridized carbons (Fsp3) is 0.611. The molecule has 2 aromatic rings. The number of hydrogen-bond acceptors (Lipinski definition) is 3. The van der Waals surface area contributed by atoms with Crippen molar-refractivity contribution in [2.75, 3.05) is 0 Å². The quantitative estimate of drug-likeness (QED) is 0.936. The molecule has 0 aliphatic heterocycles. The maximum absolute atomic E-state index is 12.9. The molecule has 24 heavy (non-hydrogen) atoms. The third kappa shape index (κ3) is 2.85. The summed E-state index contributed by atoms with van der Waals surface area (Å²) in [5.41, 5.74) is 0.423. The molecule has 2 fully saturated rings. The van der Waals surface area contributed by atoms with Crippen LogP contribution in [0, 0.1) is 5.92 Å². The van der Waals surface area contributed by atoms with E-state index in [1.165, 1.54) is 23.7 Å². The highest BCUT2D eigenvalue weighted by molar-refractivity contribution is 5.78. The van der Waals surface area contributed by atoms with Crippen molar-refractivity contribution in [1.82, 2.24) is 19.4 Å². The normalized spacial score (nSPS) is 24.2. The van der Waals surface area contributed by atoms with Crippen LogP contribution in [0.2, 0.25) is 0 Å². The van der Waals surface area contributed by atoms with Gasteiger partial charge >= 0.3 is 0 Å². The molecule has 0 bridgehead atoms. The minimum atomic E-state index is -0.150. The number of amides is 1. The lowest BCUT2D eigenvalue weighted by atomic mass is 9.86. The van der Waals surface area contributed by atoms with Crippen molar-refractivity contribution in [3.8, 4) is 0 Å². The summed E-state index contributed by atoms with van der Waals surface area (Å²) >= 11 is 0. The van der Waals surface area contributed by atoms with E-state index in [0.717, 1.165) is 31.6 Å². The predicted octanol–water partition coefficient (Wildman–Crippen LogP) is 2.29. The van der Waals surface area contributed by atoms with Crippen LogP contribution in [-0.2, 0) is 11.3 Å². The van der Waals surface area contributed by atoms with Crippen LogP contribution in [0.4, 0.5) is 0 Å². The minimum absolute atomic E-state index is 0.0656. The number of rotatable bonds is 4. The van der Waals surface area contributed by atoms with Gasteiger partial charge in [-0.15, -0.1) is 0 Å². The number of nitrogens with one attached hydrogen (secondary N) is 1. The fourth-order valence-electron chi connectivity index (χ4n) is 3.89. The van der Waals surface area contributed by atoms with Gasteiger partial charge in [-0.3, -0.25) is 14.2 Å². The molecule has 2 heterocycles. The van der Waals surface area contributed by atoms with E-state index in [1.807, 2.05) is 0 Å². The van der Waals surface area contributed by atoms with E-state index in [-0.39, 0.29) is 18.0 Å². The van der Waals surface area contributed by atoms with Crippen molar-refractivity contribution in [2.45, 2.75) is 64.1 Å². The first-order valence-electron chi connectivity index (χ1n) is 8.97. The summed E-state index contributed by atoms with van der Waals surface area (Å²) in [6.07, 6.45) is 9.94. The third-order valence-corrected chi connectivity index (χ3v) is 5.46. The molecule has 2 aliphatic carbocycles. The first-order valence-corrected chi connectivity index (χ1v) is 8.97. The van der Waals surface area contributed by atoms with Gasteiger partial charge < -0.3 is 9.88 Å². The zero-order valence-corrected chi connectivity index (χ0v) is 14.1. The van der Waals surface area contributed by atoms with Crippen LogP contribution in [0.1, 0.15) is 45.4 Å². The number of carbonyl (C=O) groups excluding carboxylic acids is 1. The van der Waals surface area contributed by atoms with Gasteiger partial charge in [-0.25, -0.2) is 4.98 Å². The number of nitrogens with zero attached hydrogens (tertiary/aromatic N) is 3. The zero-order valence-electron chi connectivity index (χ0n) is 14.1. The summed E-state index contributed by atoms with van der Waals surface area (Å²) in [4.78, 5) is 34.7. The molecular formula is C18H24N4O2. The Bertz CT molecular complexity index is 797. The first kappa shape index (κ1) is 15.4. The van der Waals surface area contributed by atoms with Gasteiger partial charge in [0.05, 0.1) is 5.39 Å². The second kappa shape index (κ2) is 6.07. The van der Waals surface area contributed by atoms with Crippen LogP contribution < -0.4 is 5.56 Å². The van der Waals surface area contributed by atoms with Crippen LogP contribution in [0.25, 0.3) is 11.0 Å². The van der Waals surface area contributed by atoms with Crippen molar-refractivity contribution in [3.63, 3.8) is 0 Å². The molecule has 0 unspecified atom stereocenters. The summed E-state index contributed by atoms with van der Waals surface area (Å²) in [7, 11) is 0. The van der Waals surface area contributed by atoms with Gasteiger partial charge in [0.1, 0.15) is 18.5 Å². The summed E-state index contributed by atoms with van der Waals surface area (Å²) in [5, 5.41) is 0.537. The van der Waals surface area contributed by atoms with Crippen LogP contribution in [0.15, 0.2) is 23.4 Å². The SMILES string of the molecule is CC1CCC(N(C(=O)Cn2cnc3[nH]ccc3c2=O)C2CC2)CC1. The molecule has 6 nitrogen and oxygen atoms in total. The maximum atomic E-state index is 12.9. The zero-order chi connectivity index (χ0) is 16.7. The Morgan fingerprint density at radius 3 is 2.58 bits per heavy atom. The molecule has 0 aromatic carbocycles. The lowest BCUT2D eigenvalue weighted by Gasteiger charge is -2.36. The van der Waals surface area contributed by atoms with Gasteiger partial charge in [0, 0.05) is 18.3 Å². The second-order valence-electron chi connectivity index (χ2n) is 7.36. The highest BCUT2D eigenvalue weighted by atomic mass is 16.2. The van der Waals surface area contributed by atoms with E-state index in [1.54, 1.807) is 12.3 Å². The lowest BCUT2D eigenvalue weighted by Crippen LogP contribution is -2.46. The minimum Gasteiger partial charge on any atom is -0.346 e. The van der Waals surface area contributed by atoms with Crippen molar-refractivity contribution >= 4 is 16.9 Å². The molecule has 0 atom stereocenters. The molecular weight excluding hydrogens is 304 g/mol. The fourth-order valence-corrected chi connectivity index (χ4v) is 3.89. The highest BCUT2D eigenvalue weighted by Gasteiger charge is 2.38. The molecule has 4 rings (SSSR count). The molecule has 1 N–H and O–H groups in total. The topological polar surface area (TPSA) is 71.0 Å². The highest BCUT2D eigenvalue weighted by Crippen LogP contribution is 2.35. The number of fused-ring (bicyclic) bond motifs is 1. The Balaban J connectivity index is 1.54. The monoisotopic (exact) mass is 328 g/mol. The van der Waals surface area contributed by atoms with Crippen molar-refractivity contribution in [1.29, 1.82) is 0 Å². The molecule has 0 radical (unpaired) electrons. The molecule has 0 saturated heterocycles. The van der Waals surface area contributed by atoms with Gasteiger partial charge in [0.25, 0.3) is 5.56 Å². The molecule has 1 amide bonds. The summed E-state index contributed by atoms with van der Waals surface area (Å²) in [6.45, 7) is 2.38. The smallest absolute Gasteiger partial charge is 0.263 e. The van der Waals surface area contributed by atoms with Crippen LogP contribution in [0.3, 0.4) is 0 Å². The van der Waals surface area contributed by atoms with E-state index >= 15 is 0 Å². The van der Waals surface area contributed by atoms with Gasteiger partial charge in [0.15, 0.2) is 0 Å². The number of aromatic amines is 1. The van der Waals surface area contributed by atoms with E-state index < -0.39 is 0 Å². The summed E-state index contributed by atoms with van der Waals surface area (Å²) in [5.74, 6) is 0.830. The predicted molar refractivity (Wildman–Crippen MR) is 91.6 cm³/mol. The number of carbonyl (C=O) groups is 1. The molecule has 6 heteroatoms. The van der Waals surface area contributed by atoms with Gasteiger partial charge in [-0.05, 0) is 50.5 Å². The summed E-state index contributed by atoms with van der Waals surface area (Å²) < 4.78 is 1.44. The average Bonchev–Trinajstić information content (AvgIpc) is 3.27. The number of aromatic nitrogens is 3. The van der Waals surface area contributed by atoms with E-state index in [4.69, 9.17) is 0 Å². The van der Waals surface area contributed by atoms with E-state index in [2.05, 4.69) is 21.8 Å². The van der Waals surface area contributed by atoms with Crippen molar-refractivity contribution < 1.29 is 4.79 Å². The second-order valence-corrected chi connectivity index (χ2v) is 7.36. The van der Waals surface area contributed by atoms with Crippen molar-refractivity contribution in [2.24, 2.45) is 5.92 Å². The van der Waals surface area contributed by atoms with Gasteiger partial charge in [-0.1, -0.05) is 6.92 Å². The summed E-state index contributed by atoms with van der Waals surface area (Å²) in [6, 6.07) is 2.45. The Morgan fingerprint density at radius 1 is 1.25 bits per heavy atom. The largest absolute Gasteiger partial charge is 0.346 e. The molecule has 2 aromatic heterocycles. The third-order valence-electron chi connectivity index (χ3n) is 5.46. The van der Waals surface area contributed by atoms with Crippen LogP contribution in [-0.4, -0.2) is 37.4 Å². The first-order chi connectivity index (χ1) is 11.6. The molecule has 2 aliphatic rings. The van der Waals surface area contributed by atoms with Crippen LogP contribution in [0.5, 0.6) is 0 Å². The average molecular weight is 328 g/mol. The standard InChI is InChI=1S/C18H24N4O2/c1-12-2-4-13(5-3-12)22(14-6-7-14)16(23)10-21-11-20-17-15(18(21)24)8-9-19-17/h8-9,11-14,19H,2-7,10H2,1H3. The van der Waals surface area contributed by atoms with Crippen molar-refractivity contribution in [3.05, 3.63) is 28.9 Å². The Hall–Kier alpha value is -2.11. The number of hydrogen-bond donors (Lipinski definition) is 1. The van der Waals surface area contributed by atoms with E-state index in [0.29, 0.717) is 23.1 Å². The van der Waals surface area contributed by atoms with Gasteiger partial charge in [-0.2, -0.15) is 0 Å². The van der Waals surface area contributed by atoms with Gasteiger partial charge in [0.2, 0.25) is 5.91 Å². The maximum Gasteiger partial charge on any atom is 0.263 e. The molecule has 2 saturated carbocycles. The van der Waals surface area contributed by atoms with E-state index in [9.17, 15) is 9.59 Å². The lowest BCUT2D eigenvalue weighted by molar-refractivity contribution is -0.135. The number of H-pyrrole nitrogens is 1. The molecule has 0 spiro atoms.